The largest absolute Gasteiger partial charge is 0.461 e. The maximum Gasteiger partial charge on any atom is 0.331 e. The van der Waals surface area contributed by atoms with E-state index in [2.05, 4.69) is 23.0 Å². The van der Waals surface area contributed by atoms with Crippen LogP contribution in [0.3, 0.4) is 0 Å². The van der Waals surface area contributed by atoms with Gasteiger partial charge in [0.25, 0.3) is 0 Å². The van der Waals surface area contributed by atoms with Crippen molar-refractivity contribution in [2.24, 2.45) is 5.92 Å². The van der Waals surface area contributed by atoms with Crippen LogP contribution in [-0.2, 0) is 47.7 Å². The maximum atomic E-state index is 12.8. The van der Waals surface area contributed by atoms with Crippen LogP contribution in [0, 0.1) is 5.92 Å². The minimum atomic E-state index is -0.881. The van der Waals surface area contributed by atoms with Crippen LogP contribution in [0.5, 0.6) is 0 Å². The predicted molar refractivity (Wildman–Crippen MR) is 172 cm³/mol. The normalized spacial score (nSPS) is 28.4. The van der Waals surface area contributed by atoms with E-state index in [1.807, 2.05) is 48.5 Å². The molecule has 0 saturated carbocycles. The molecule has 4 unspecified atom stereocenters. The summed E-state index contributed by atoms with van der Waals surface area (Å²) in [4.78, 5) is 79.6. The molecule has 47 heavy (non-hydrogen) atoms. The molecule has 0 aliphatic carbocycles. The van der Waals surface area contributed by atoms with Crippen molar-refractivity contribution < 1.29 is 47.7 Å². The van der Waals surface area contributed by atoms with Crippen molar-refractivity contribution >= 4 is 35.4 Å². The number of nitrogens with zero attached hydrogens (tertiary/aromatic N) is 2. The number of esters is 4. The van der Waals surface area contributed by atoms with Crippen LogP contribution in [0.15, 0.2) is 37.5 Å². The fourth-order valence-corrected chi connectivity index (χ4v) is 7.52. The Morgan fingerprint density at radius 2 is 1.45 bits per heavy atom. The highest BCUT2D eigenvalue weighted by atomic mass is 16.6. The van der Waals surface area contributed by atoms with Crippen molar-refractivity contribution in [1.82, 2.24) is 9.80 Å². The standard InChI is InChI=1S/C35H50N2O10/c1-10-23-14-35(9)18-25(39)17-34(7,8)37(35)20-27(22-45-31(23)43)47-30(42)13-12-29(41)44-21-26(46-28(40)11-2)19-36-32(3,4)15-24(38)16-33(36,5)6/h10-13,23,26-27H,1-2,14-22H2,3-9H3/b13-12+. The summed E-state index contributed by atoms with van der Waals surface area (Å²) in [5.41, 5.74) is -2.34. The van der Waals surface area contributed by atoms with Gasteiger partial charge < -0.3 is 18.9 Å². The first-order valence-corrected chi connectivity index (χ1v) is 16.0. The average molecular weight is 659 g/mol. The zero-order valence-corrected chi connectivity index (χ0v) is 28.8. The summed E-state index contributed by atoms with van der Waals surface area (Å²) in [7, 11) is 0. The van der Waals surface area contributed by atoms with Crippen LogP contribution in [0.1, 0.15) is 80.6 Å². The summed E-state index contributed by atoms with van der Waals surface area (Å²) in [6.45, 7) is 20.6. The summed E-state index contributed by atoms with van der Waals surface area (Å²) in [5, 5.41) is 0. The van der Waals surface area contributed by atoms with Gasteiger partial charge in [-0.05, 0) is 54.9 Å². The van der Waals surface area contributed by atoms with Crippen molar-refractivity contribution in [3.05, 3.63) is 37.5 Å². The first kappa shape index (κ1) is 37.8. The summed E-state index contributed by atoms with van der Waals surface area (Å²) in [6, 6.07) is 0. The van der Waals surface area contributed by atoms with E-state index in [4.69, 9.17) is 18.9 Å². The molecule has 0 spiro atoms. The zero-order chi connectivity index (χ0) is 35.4. The van der Waals surface area contributed by atoms with Crippen LogP contribution in [-0.4, -0.2) is 106 Å². The number of hydrogen-bond acceptors (Lipinski definition) is 12. The highest BCUT2D eigenvalue weighted by Gasteiger charge is 2.50. The molecule has 0 amide bonds. The van der Waals surface area contributed by atoms with Crippen molar-refractivity contribution in [2.45, 2.75) is 115 Å². The van der Waals surface area contributed by atoms with Gasteiger partial charge in [-0.2, -0.15) is 0 Å². The van der Waals surface area contributed by atoms with E-state index in [1.165, 1.54) is 6.08 Å². The van der Waals surface area contributed by atoms with E-state index >= 15 is 0 Å². The number of carbonyl (C=O) groups excluding carboxylic acids is 6. The molecular formula is C35H50N2O10. The molecule has 3 rings (SSSR count). The first-order valence-electron chi connectivity index (χ1n) is 16.0. The molecule has 0 N–H and O–H groups in total. The molecule has 0 aromatic rings. The van der Waals surface area contributed by atoms with Crippen molar-refractivity contribution in [1.29, 1.82) is 0 Å². The molecule has 0 aromatic heterocycles. The Balaban J connectivity index is 1.68. The second-order valence-electron chi connectivity index (χ2n) is 14.9. The number of fused-ring (bicyclic) bond motifs is 1. The summed E-state index contributed by atoms with van der Waals surface area (Å²) in [6.07, 6.45) is 4.10. The quantitative estimate of drug-likeness (QED) is 0.147. The monoisotopic (exact) mass is 658 g/mol. The summed E-state index contributed by atoms with van der Waals surface area (Å²) < 4.78 is 21.9. The molecule has 12 nitrogen and oxygen atoms in total. The highest BCUT2D eigenvalue weighted by Crippen LogP contribution is 2.42. The second kappa shape index (κ2) is 14.6. The summed E-state index contributed by atoms with van der Waals surface area (Å²) >= 11 is 0. The third kappa shape index (κ3) is 9.70. The number of Topliss-reactive ketones (excluding diaryl/α,β-unsaturated/α-hetero) is 2. The Hall–Kier alpha value is -3.64. The molecular weight excluding hydrogens is 608 g/mol. The molecule has 3 saturated heterocycles. The second-order valence-corrected chi connectivity index (χ2v) is 14.9. The van der Waals surface area contributed by atoms with Gasteiger partial charge >= 0.3 is 23.9 Å². The SMILES string of the molecule is C=CC(=O)OC(COC(=O)/C=C/C(=O)OC1COC(=O)C(C=C)CC2(C)CC(=O)CC(C)(C)N2C1)CN1C(C)(C)CC(=O)CC1(C)C. The van der Waals surface area contributed by atoms with Crippen LogP contribution in [0.25, 0.3) is 0 Å². The first-order chi connectivity index (χ1) is 21.7. The summed E-state index contributed by atoms with van der Waals surface area (Å²) in [5.74, 6) is -3.36. The van der Waals surface area contributed by atoms with E-state index in [0.29, 0.717) is 25.7 Å². The number of rotatable bonds is 10. The Labute approximate surface area is 277 Å². The number of ketones is 2. The van der Waals surface area contributed by atoms with Gasteiger partial charge in [0, 0.05) is 79.2 Å². The van der Waals surface area contributed by atoms with Crippen molar-refractivity contribution in [3.8, 4) is 0 Å². The Morgan fingerprint density at radius 3 is 2.04 bits per heavy atom. The third-order valence-electron chi connectivity index (χ3n) is 9.24. The van der Waals surface area contributed by atoms with Gasteiger partial charge in [-0.1, -0.05) is 12.7 Å². The molecule has 260 valence electrons. The molecule has 3 heterocycles. The fraction of sp³-hybridized carbons (Fsp3) is 0.657. The number of hydrogen-bond donors (Lipinski definition) is 0. The van der Waals surface area contributed by atoms with Crippen LogP contribution < -0.4 is 0 Å². The number of cyclic esters (lactones) is 1. The molecule has 3 aliphatic rings. The highest BCUT2D eigenvalue weighted by molar-refractivity contribution is 5.91. The number of likely N-dealkylation sites (tertiary alicyclic amines) is 1. The lowest BCUT2D eigenvalue weighted by atomic mass is 9.74. The average Bonchev–Trinajstić information content (AvgIpc) is 2.98. The molecule has 0 radical (unpaired) electrons. The van der Waals surface area contributed by atoms with E-state index in [-0.39, 0.29) is 44.3 Å². The van der Waals surface area contributed by atoms with Gasteiger partial charge in [0.05, 0.1) is 5.92 Å². The van der Waals surface area contributed by atoms with Gasteiger partial charge in [0.15, 0.2) is 0 Å². The van der Waals surface area contributed by atoms with Crippen molar-refractivity contribution in [2.75, 3.05) is 26.3 Å². The Kier molecular flexibility index (Phi) is 11.8. The molecule has 12 heteroatoms. The van der Waals surface area contributed by atoms with Crippen molar-refractivity contribution in [3.63, 3.8) is 0 Å². The topological polar surface area (TPSA) is 146 Å². The number of carbonyl (C=O) groups is 6. The minimum absolute atomic E-state index is 0.0825. The lowest BCUT2D eigenvalue weighted by Crippen LogP contribution is -2.64. The lowest BCUT2D eigenvalue weighted by Gasteiger charge is -2.54. The van der Waals surface area contributed by atoms with E-state index in [9.17, 15) is 28.8 Å². The fourth-order valence-electron chi connectivity index (χ4n) is 7.52. The number of ether oxygens (including phenoxy) is 4. The molecule has 4 atom stereocenters. The number of piperidine rings is 2. The van der Waals surface area contributed by atoms with Gasteiger partial charge in [0.2, 0.25) is 0 Å². The van der Waals surface area contributed by atoms with Crippen LogP contribution >= 0.6 is 0 Å². The van der Waals surface area contributed by atoms with Gasteiger partial charge in [-0.3, -0.25) is 24.2 Å². The lowest BCUT2D eigenvalue weighted by molar-refractivity contribution is -0.159. The Morgan fingerprint density at radius 1 is 0.872 bits per heavy atom. The molecule has 0 bridgehead atoms. The van der Waals surface area contributed by atoms with E-state index in [0.717, 1.165) is 18.2 Å². The molecule has 3 fully saturated rings. The van der Waals surface area contributed by atoms with Gasteiger partial charge in [0.1, 0.15) is 37.0 Å². The molecule has 0 aromatic carbocycles. The third-order valence-corrected chi connectivity index (χ3v) is 9.24. The maximum absolute atomic E-state index is 12.8. The van der Waals surface area contributed by atoms with E-state index < -0.39 is 64.2 Å². The Bertz CT molecular complexity index is 1290. The van der Waals surface area contributed by atoms with Crippen LogP contribution in [0.2, 0.25) is 0 Å². The molecule has 3 aliphatic heterocycles. The smallest absolute Gasteiger partial charge is 0.331 e. The van der Waals surface area contributed by atoms with Gasteiger partial charge in [-0.15, -0.1) is 6.58 Å². The van der Waals surface area contributed by atoms with E-state index in [1.54, 1.807) is 0 Å². The minimum Gasteiger partial charge on any atom is -0.461 e. The predicted octanol–water partition coefficient (Wildman–Crippen LogP) is 3.27. The zero-order valence-electron chi connectivity index (χ0n) is 28.8. The van der Waals surface area contributed by atoms with Gasteiger partial charge in [-0.25, -0.2) is 14.4 Å². The van der Waals surface area contributed by atoms with Crippen LogP contribution in [0.4, 0.5) is 0 Å².